The van der Waals surface area contributed by atoms with Gasteiger partial charge in [-0.1, -0.05) is 25.1 Å². The van der Waals surface area contributed by atoms with Crippen molar-refractivity contribution < 1.29 is 9.53 Å². The molecule has 2 aromatic rings. The van der Waals surface area contributed by atoms with E-state index in [1.54, 1.807) is 12.1 Å². The van der Waals surface area contributed by atoms with Crippen LogP contribution in [0.3, 0.4) is 0 Å². The zero-order valence-corrected chi connectivity index (χ0v) is 13.3. The van der Waals surface area contributed by atoms with Crippen LogP contribution in [0.2, 0.25) is 0 Å². The Morgan fingerprint density at radius 3 is 2.48 bits per heavy atom. The molecule has 4 nitrogen and oxygen atoms in total. The largest absolute Gasteiger partial charge is 0.457 e. The minimum Gasteiger partial charge on any atom is -0.457 e. The number of para-hydroxylation sites is 1. The van der Waals surface area contributed by atoms with E-state index in [-0.39, 0.29) is 11.9 Å². The van der Waals surface area contributed by atoms with Gasteiger partial charge in [0.25, 0.3) is 5.91 Å². The van der Waals surface area contributed by atoms with Crippen molar-refractivity contribution in [1.82, 2.24) is 10.6 Å². The van der Waals surface area contributed by atoms with Crippen molar-refractivity contribution in [3.8, 4) is 11.5 Å². The van der Waals surface area contributed by atoms with Gasteiger partial charge in [0, 0.05) is 18.2 Å². The molecule has 4 heteroatoms. The average molecular weight is 310 g/mol. The molecule has 0 aliphatic carbocycles. The summed E-state index contributed by atoms with van der Waals surface area (Å²) in [5.74, 6) is 1.98. The first-order valence-electron chi connectivity index (χ1n) is 8.07. The fourth-order valence-corrected chi connectivity index (χ4v) is 2.73. The zero-order valence-electron chi connectivity index (χ0n) is 13.3. The van der Waals surface area contributed by atoms with Crippen molar-refractivity contribution in [1.29, 1.82) is 0 Å². The highest BCUT2D eigenvalue weighted by Crippen LogP contribution is 2.21. The Morgan fingerprint density at radius 1 is 1.09 bits per heavy atom. The number of amides is 1. The summed E-state index contributed by atoms with van der Waals surface area (Å²) in [6.45, 7) is 4.05. The minimum atomic E-state index is -0.0307. The van der Waals surface area contributed by atoms with E-state index in [2.05, 4.69) is 17.6 Å². The Labute approximate surface area is 136 Å². The number of hydrogen-bond acceptors (Lipinski definition) is 3. The maximum absolute atomic E-state index is 12.3. The third-order valence-electron chi connectivity index (χ3n) is 4.24. The summed E-state index contributed by atoms with van der Waals surface area (Å²) in [6.07, 6.45) is 1.09. The summed E-state index contributed by atoms with van der Waals surface area (Å²) in [4.78, 5) is 12.3. The molecule has 1 amide bonds. The van der Waals surface area contributed by atoms with Crippen LogP contribution >= 0.6 is 0 Å². The first kappa shape index (κ1) is 15.6. The predicted octanol–water partition coefficient (Wildman–Crippen LogP) is 3.21. The highest BCUT2D eigenvalue weighted by molar-refractivity contribution is 5.94. The lowest BCUT2D eigenvalue weighted by Gasteiger charge is -2.30. The molecule has 3 rings (SSSR count). The third-order valence-corrected chi connectivity index (χ3v) is 4.24. The Bertz CT molecular complexity index is 640. The Kier molecular flexibility index (Phi) is 4.93. The summed E-state index contributed by atoms with van der Waals surface area (Å²) < 4.78 is 5.74. The van der Waals surface area contributed by atoms with Gasteiger partial charge in [-0.3, -0.25) is 4.79 Å². The minimum absolute atomic E-state index is 0.0307. The molecule has 23 heavy (non-hydrogen) atoms. The van der Waals surface area contributed by atoms with Crippen molar-refractivity contribution in [2.24, 2.45) is 5.92 Å². The molecule has 2 unspecified atom stereocenters. The topological polar surface area (TPSA) is 50.4 Å². The lowest BCUT2D eigenvalue weighted by molar-refractivity contribution is 0.0915. The molecule has 0 spiro atoms. The van der Waals surface area contributed by atoms with Crippen molar-refractivity contribution in [2.75, 3.05) is 13.1 Å². The summed E-state index contributed by atoms with van der Waals surface area (Å²) in [5, 5.41) is 6.44. The number of piperidine rings is 1. The van der Waals surface area contributed by atoms with Crippen LogP contribution in [0.25, 0.3) is 0 Å². The van der Waals surface area contributed by atoms with Gasteiger partial charge in [0.15, 0.2) is 0 Å². The molecule has 1 aliphatic rings. The molecule has 1 aliphatic heterocycles. The molecular formula is C19H22N2O2. The first-order valence-corrected chi connectivity index (χ1v) is 8.07. The number of ether oxygens (including phenoxy) is 1. The normalized spacial score (nSPS) is 20.7. The van der Waals surface area contributed by atoms with Gasteiger partial charge in [-0.25, -0.2) is 0 Å². The molecule has 2 N–H and O–H groups in total. The predicted molar refractivity (Wildman–Crippen MR) is 90.9 cm³/mol. The van der Waals surface area contributed by atoms with Gasteiger partial charge >= 0.3 is 0 Å². The molecule has 0 aromatic heterocycles. The number of benzene rings is 2. The van der Waals surface area contributed by atoms with Gasteiger partial charge in [-0.2, -0.15) is 0 Å². The summed E-state index contributed by atoms with van der Waals surface area (Å²) >= 11 is 0. The van der Waals surface area contributed by atoms with Gasteiger partial charge in [0.2, 0.25) is 0 Å². The molecular weight excluding hydrogens is 288 g/mol. The second-order valence-corrected chi connectivity index (χ2v) is 5.99. The zero-order chi connectivity index (χ0) is 16.1. The highest BCUT2D eigenvalue weighted by atomic mass is 16.5. The van der Waals surface area contributed by atoms with Crippen LogP contribution in [0.4, 0.5) is 0 Å². The number of rotatable bonds is 4. The monoisotopic (exact) mass is 310 g/mol. The molecule has 2 atom stereocenters. The van der Waals surface area contributed by atoms with Gasteiger partial charge in [0.05, 0.1) is 0 Å². The molecule has 1 saturated heterocycles. The standard InChI is InChI=1S/C19H22N2O2/c1-14-11-12-20-13-18(14)21-19(22)15-7-9-17(10-8-15)23-16-5-3-2-4-6-16/h2-10,14,18,20H,11-13H2,1H3,(H,21,22). The first-order chi connectivity index (χ1) is 11.2. The van der Waals surface area contributed by atoms with Crippen LogP contribution in [-0.2, 0) is 0 Å². The van der Waals surface area contributed by atoms with Crippen LogP contribution in [0.15, 0.2) is 54.6 Å². The molecule has 120 valence electrons. The molecule has 0 saturated carbocycles. The van der Waals surface area contributed by atoms with E-state index in [9.17, 15) is 4.79 Å². The molecule has 1 fully saturated rings. The Morgan fingerprint density at radius 2 is 1.78 bits per heavy atom. The molecule has 0 bridgehead atoms. The van der Waals surface area contributed by atoms with E-state index in [4.69, 9.17) is 4.74 Å². The SMILES string of the molecule is CC1CCNCC1NC(=O)c1ccc(Oc2ccccc2)cc1. The number of hydrogen-bond donors (Lipinski definition) is 2. The van der Waals surface area contributed by atoms with E-state index >= 15 is 0 Å². The summed E-state index contributed by atoms with van der Waals surface area (Å²) in [6, 6.07) is 17.0. The van der Waals surface area contributed by atoms with E-state index < -0.39 is 0 Å². The van der Waals surface area contributed by atoms with Crippen LogP contribution in [0.1, 0.15) is 23.7 Å². The van der Waals surface area contributed by atoms with Crippen LogP contribution in [-0.4, -0.2) is 25.0 Å². The number of carbonyl (C=O) groups is 1. The maximum atomic E-state index is 12.3. The van der Waals surface area contributed by atoms with Crippen molar-refractivity contribution >= 4 is 5.91 Å². The fraction of sp³-hybridized carbons (Fsp3) is 0.316. The van der Waals surface area contributed by atoms with E-state index in [1.807, 2.05) is 42.5 Å². The van der Waals surface area contributed by atoms with Gasteiger partial charge in [-0.05, 0) is 55.3 Å². The highest BCUT2D eigenvalue weighted by Gasteiger charge is 2.22. The summed E-state index contributed by atoms with van der Waals surface area (Å²) in [7, 11) is 0. The molecule has 2 aromatic carbocycles. The van der Waals surface area contributed by atoms with Crippen LogP contribution in [0.5, 0.6) is 11.5 Å². The molecule has 0 radical (unpaired) electrons. The summed E-state index contributed by atoms with van der Waals surface area (Å²) in [5.41, 5.74) is 0.656. The van der Waals surface area contributed by atoms with Crippen molar-refractivity contribution in [3.05, 3.63) is 60.2 Å². The Balaban J connectivity index is 1.61. The van der Waals surface area contributed by atoms with Crippen molar-refractivity contribution in [2.45, 2.75) is 19.4 Å². The van der Waals surface area contributed by atoms with Gasteiger partial charge in [0.1, 0.15) is 11.5 Å². The van der Waals surface area contributed by atoms with Gasteiger partial charge in [-0.15, -0.1) is 0 Å². The average Bonchev–Trinajstić information content (AvgIpc) is 2.58. The van der Waals surface area contributed by atoms with Crippen LogP contribution < -0.4 is 15.4 Å². The quantitative estimate of drug-likeness (QED) is 0.912. The fourth-order valence-electron chi connectivity index (χ4n) is 2.73. The smallest absolute Gasteiger partial charge is 0.251 e. The maximum Gasteiger partial charge on any atom is 0.251 e. The lowest BCUT2D eigenvalue weighted by Crippen LogP contribution is -2.50. The third kappa shape index (κ3) is 4.11. The number of carbonyl (C=O) groups excluding carboxylic acids is 1. The van der Waals surface area contributed by atoms with Crippen molar-refractivity contribution in [3.63, 3.8) is 0 Å². The number of nitrogens with one attached hydrogen (secondary N) is 2. The Hall–Kier alpha value is -2.33. The second kappa shape index (κ2) is 7.29. The van der Waals surface area contributed by atoms with E-state index in [1.165, 1.54) is 0 Å². The lowest BCUT2D eigenvalue weighted by atomic mass is 9.94. The second-order valence-electron chi connectivity index (χ2n) is 5.99. The van der Waals surface area contributed by atoms with Crippen LogP contribution in [0, 0.1) is 5.92 Å². The molecule has 1 heterocycles. The van der Waals surface area contributed by atoms with E-state index in [0.29, 0.717) is 11.5 Å². The van der Waals surface area contributed by atoms with Gasteiger partial charge < -0.3 is 15.4 Å². The van der Waals surface area contributed by atoms with E-state index in [0.717, 1.165) is 31.0 Å².